The number of amides is 1. The zero-order chi connectivity index (χ0) is 17.6. The summed E-state index contributed by atoms with van der Waals surface area (Å²) in [5, 5.41) is 11.6. The lowest BCUT2D eigenvalue weighted by molar-refractivity contribution is -0.137. The molecular formula is C18H25FN2O3. The maximum atomic E-state index is 13.2. The van der Waals surface area contributed by atoms with Crippen molar-refractivity contribution in [3.63, 3.8) is 0 Å². The predicted octanol–water partition coefficient (Wildman–Crippen LogP) is 2.16. The number of aliphatic carboxylic acids is 1. The lowest BCUT2D eigenvalue weighted by Gasteiger charge is -2.30. The normalized spacial score (nSPS) is 16.3. The number of carbonyl (C=O) groups is 2. The van der Waals surface area contributed by atoms with Crippen molar-refractivity contribution in [3.05, 3.63) is 35.6 Å². The van der Waals surface area contributed by atoms with Crippen molar-refractivity contribution in [1.29, 1.82) is 0 Å². The summed E-state index contributed by atoms with van der Waals surface area (Å²) in [6.07, 6.45) is 4.18. The number of carbonyl (C=O) groups excluding carboxylic acids is 1. The van der Waals surface area contributed by atoms with E-state index in [2.05, 4.69) is 5.32 Å². The number of nitrogens with zero attached hydrogens (tertiary/aromatic N) is 1. The van der Waals surface area contributed by atoms with Gasteiger partial charge in [-0.05, 0) is 37.6 Å². The first-order valence-corrected chi connectivity index (χ1v) is 8.34. The van der Waals surface area contributed by atoms with E-state index in [0.717, 1.165) is 31.2 Å². The van der Waals surface area contributed by atoms with Crippen molar-refractivity contribution in [2.45, 2.75) is 37.5 Å². The molecule has 0 saturated heterocycles. The van der Waals surface area contributed by atoms with Gasteiger partial charge in [0.15, 0.2) is 0 Å². The third-order valence-corrected chi connectivity index (χ3v) is 4.76. The van der Waals surface area contributed by atoms with E-state index < -0.39 is 5.97 Å². The summed E-state index contributed by atoms with van der Waals surface area (Å²) in [6, 6.07) is 6.56. The molecule has 1 aliphatic rings. The molecule has 1 aromatic rings. The molecule has 1 aromatic carbocycles. The van der Waals surface area contributed by atoms with Crippen molar-refractivity contribution in [3.8, 4) is 0 Å². The predicted molar refractivity (Wildman–Crippen MR) is 89.3 cm³/mol. The third kappa shape index (κ3) is 5.03. The minimum absolute atomic E-state index is 0.0172. The van der Waals surface area contributed by atoms with Crippen molar-refractivity contribution < 1.29 is 19.1 Å². The second-order valence-electron chi connectivity index (χ2n) is 6.65. The van der Waals surface area contributed by atoms with Gasteiger partial charge in [0.05, 0.1) is 13.0 Å². The van der Waals surface area contributed by atoms with Crippen LogP contribution in [0.5, 0.6) is 0 Å². The van der Waals surface area contributed by atoms with Crippen molar-refractivity contribution in [1.82, 2.24) is 10.2 Å². The fraction of sp³-hybridized carbons (Fsp3) is 0.556. The molecule has 0 radical (unpaired) electrons. The summed E-state index contributed by atoms with van der Waals surface area (Å²) < 4.78 is 13.2. The van der Waals surface area contributed by atoms with E-state index in [4.69, 9.17) is 5.11 Å². The highest BCUT2D eigenvalue weighted by Crippen LogP contribution is 2.40. The van der Waals surface area contributed by atoms with Gasteiger partial charge < -0.3 is 10.4 Å². The van der Waals surface area contributed by atoms with Gasteiger partial charge in [0.25, 0.3) is 0 Å². The molecule has 0 spiro atoms. The van der Waals surface area contributed by atoms with Gasteiger partial charge in [-0.2, -0.15) is 0 Å². The number of carboxylic acid groups (broad SMARTS) is 1. The Labute approximate surface area is 141 Å². The van der Waals surface area contributed by atoms with Crippen LogP contribution in [0, 0.1) is 5.82 Å². The summed E-state index contributed by atoms with van der Waals surface area (Å²) in [4.78, 5) is 24.4. The van der Waals surface area contributed by atoms with Crippen LogP contribution in [0.25, 0.3) is 0 Å². The molecule has 5 nitrogen and oxygen atoms in total. The molecule has 0 bridgehead atoms. The van der Waals surface area contributed by atoms with Crippen LogP contribution in [0.3, 0.4) is 0 Å². The fourth-order valence-electron chi connectivity index (χ4n) is 3.36. The zero-order valence-corrected chi connectivity index (χ0v) is 14.1. The number of rotatable bonds is 8. The molecule has 0 unspecified atom stereocenters. The number of benzene rings is 1. The van der Waals surface area contributed by atoms with Crippen LogP contribution < -0.4 is 5.32 Å². The Bertz CT molecular complexity index is 568. The van der Waals surface area contributed by atoms with Crippen molar-refractivity contribution in [2.24, 2.45) is 0 Å². The van der Waals surface area contributed by atoms with E-state index in [-0.39, 0.29) is 30.1 Å². The van der Waals surface area contributed by atoms with Gasteiger partial charge in [-0.3, -0.25) is 14.5 Å². The maximum absolute atomic E-state index is 13.2. The molecule has 0 aliphatic heterocycles. The Morgan fingerprint density at radius 1 is 1.25 bits per heavy atom. The molecule has 132 valence electrons. The summed E-state index contributed by atoms with van der Waals surface area (Å²) in [6.45, 7) is 1.04. The average molecular weight is 336 g/mol. The van der Waals surface area contributed by atoms with Gasteiger partial charge in [0.2, 0.25) is 5.91 Å². The van der Waals surface area contributed by atoms with E-state index in [1.165, 1.54) is 12.1 Å². The van der Waals surface area contributed by atoms with E-state index in [0.29, 0.717) is 13.1 Å². The Kier molecular flexibility index (Phi) is 6.31. The topological polar surface area (TPSA) is 69.6 Å². The highest BCUT2D eigenvalue weighted by Gasteiger charge is 2.35. The van der Waals surface area contributed by atoms with Crippen molar-refractivity contribution >= 4 is 11.9 Å². The highest BCUT2D eigenvalue weighted by atomic mass is 19.1. The smallest absolute Gasteiger partial charge is 0.304 e. The Morgan fingerprint density at radius 2 is 1.88 bits per heavy atom. The van der Waals surface area contributed by atoms with Crippen LogP contribution in [-0.2, 0) is 15.0 Å². The highest BCUT2D eigenvalue weighted by molar-refractivity contribution is 5.78. The van der Waals surface area contributed by atoms with Crippen LogP contribution in [0.15, 0.2) is 24.3 Å². The Morgan fingerprint density at radius 3 is 2.46 bits per heavy atom. The Hall–Kier alpha value is -1.95. The monoisotopic (exact) mass is 336 g/mol. The molecule has 2 N–H and O–H groups in total. The van der Waals surface area contributed by atoms with Crippen molar-refractivity contribution in [2.75, 3.05) is 26.7 Å². The quantitative estimate of drug-likeness (QED) is 0.763. The molecule has 1 aliphatic carbocycles. The van der Waals surface area contributed by atoms with E-state index >= 15 is 0 Å². The number of likely N-dealkylation sites (N-methyl/N-ethyl adjacent to an activating group) is 1. The third-order valence-electron chi connectivity index (χ3n) is 4.76. The van der Waals surface area contributed by atoms with Gasteiger partial charge in [-0.25, -0.2) is 4.39 Å². The largest absolute Gasteiger partial charge is 0.481 e. The fourth-order valence-corrected chi connectivity index (χ4v) is 3.36. The Balaban J connectivity index is 1.91. The summed E-state index contributed by atoms with van der Waals surface area (Å²) in [5.74, 6) is -1.24. The SMILES string of the molecule is CN(CCC(=O)O)CC(=O)NCC1(c2ccc(F)cc2)CCCC1. The van der Waals surface area contributed by atoms with Gasteiger partial charge in [-0.15, -0.1) is 0 Å². The molecule has 24 heavy (non-hydrogen) atoms. The molecule has 0 atom stereocenters. The van der Waals surface area contributed by atoms with Gasteiger partial charge in [0, 0.05) is 18.5 Å². The van der Waals surface area contributed by atoms with E-state index in [9.17, 15) is 14.0 Å². The molecule has 0 aromatic heterocycles. The number of hydrogen-bond acceptors (Lipinski definition) is 3. The summed E-state index contributed by atoms with van der Waals surface area (Å²) in [5.41, 5.74) is 0.948. The first-order valence-electron chi connectivity index (χ1n) is 8.34. The lowest BCUT2D eigenvalue weighted by atomic mass is 9.79. The zero-order valence-electron chi connectivity index (χ0n) is 14.1. The first-order chi connectivity index (χ1) is 11.4. The molecule has 1 amide bonds. The lowest BCUT2D eigenvalue weighted by Crippen LogP contribution is -2.43. The second kappa shape index (κ2) is 8.24. The van der Waals surface area contributed by atoms with Crippen LogP contribution >= 0.6 is 0 Å². The standard InChI is InChI=1S/C18H25FN2O3/c1-21(11-8-17(23)24)12-16(22)20-13-18(9-2-3-10-18)14-4-6-15(19)7-5-14/h4-7H,2-3,8-13H2,1H3,(H,20,22)(H,23,24). The molecule has 6 heteroatoms. The van der Waals surface area contributed by atoms with E-state index in [1.807, 2.05) is 12.1 Å². The van der Waals surface area contributed by atoms with E-state index in [1.54, 1.807) is 11.9 Å². The maximum Gasteiger partial charge on any atom is 0.304 e. The van der Waals surface area contributed by atoms with Crippen LogP contribution in [0.4, 0.5) is 4.39 Å². The summed E-state index contributed by atoms with van der Waals surface area (Å²) >= 11 is 0. The van der Waals surface area contributed by atoms with Crippen LogP contribution in [-0.4, -0.2) is 48.6 Å². The molecule has 0 heterocycles. The second-order valence-corrected chi connectivity index (χ2v) is 6.65. The average Bonchev–Trinajstić information content (AvgIpc) is 3.02. The minimum Gasteiger partial charge on any atom is -0.481 e. The van der Waals surface area contributed by atoms with Crippen LogP contribution in [0.2, 0.25) is 0 Å². The molecule has 2 rings (SSSR count). The minimum atomic E-state index is -0.872. The molecule has 1 fully saturated rings. The number of nitrogens with one attached hydrogen (secondary N) is 1. The van der Waals surface area contributed by atoms with Crippen LogP contribution in [0.1, 0.15) is 37.7 Å². The molecule has 1 saturated carbocycles. The number of halogens is 1. The number of hydrogen-bond donors (Lipinski definition) is 2. The van der Waals surface area contributed by atoms with Gasteiger partial charge in [0.1, 0.15) is 5.82 Å². The summed E-state index contributed by atoms with van der Waals surface area (Å²) in [7, 11) is 1.73. The van der Waals surface area contributed by atoms with Gasteiger partial charge >= 0.3 is 5.97 Å². The first kappa shape index (κ1) is 18.4. The van der Waals surface area contributed by atoms with Gasteiger partial charge in [-0.1, -0.05) is 25.0 Å². The molecular weight excluding hydrogens is 311 g/mol. The number of carboxylic acids is 1.